The lowest BCUT2D eigenvalue weighted by Gasteiger charge is -2.08. The van der Waals surface area contributed by atoms with Crippen molar-refractivity contribution in [1.82, 2.24) is 4.57 Å². The summed E-state index contributed by atoms with van der Waals surface area (Å²) in [6.07, 6.45) is 1.95. The number of aromatic nitrogens is 1. The summed E-state index contributed by atoms with van der Waals surface area (Å²) in [6, 6.07) is 12.2. The molecule has 0 saturated carbocycles. The summed E-state index contributed by atoms with van der Waals surface area (Å²) in [4.78, 5) is 0. The molecule has 3 rings (SSSR count). The molecule has 2 aromatic carbocycles. The second-order valence-corrected chi connectivity index (χ2v) is 5.17. The molecule has 4 heteroatoms. The lowest BCUT2D eigenvalue weighted by molar-refractivity contribution is 0.626. The first-order chi connectivity index (χ1) is 9.15. The van der Waals surface area contributed by atoms with Crippen LogP contribution in [0.2, 0.25) is 10.0 Å². The van der Waals surface area contributed by atoms with E-state index in [-0.39, 0.29) is 5.82 Å². The molecule has 1 nitrogen and oxygen atoms in total. The smallest absolute Gasteiger partial charge is 0.124 e. The van der Waals surface area contributed by atoms with E-state index in [4.69, 9.17) is 23.2 Å². The minimum Gasteiger partial charge on any atom is -0.343 e. The lowest BCUT2D eigenvalue weighted by atomic mass is 10.2. The summed E-state index contributed by atoms with van der Waals surface area (Å²) in [5.74, 6) is -0.325. The molecule has 0 atom stereocenters. The quantitative estimate of drug-likeness (QED) is 0.617. The highest BCUT2D eigenvalue weighted by Gasteiger charge is 2.07. The molecule has 0 aliphatic carbocycles. The predicted molar refractivity (Wildman–Crippen MR) is 77.5 cm³/mol. The van der Waals surface area contributed by atoms with Gasteiger partial charge in [-0.25, -0.2) is 4.39 Å². The van der Waals surface area contributed by atoms with Crippen LogP contribution < -0.4 is 0 Å². The second kappa shape index (κ2) is 4.87. The Morgan fingerprint density at radius 3 is 2.63 bits per heavy atom. The lowest BCUT2D eigenvalue weighted by Crippen LogP contribution is -1.98. The third kappa shape index (κ3) is 2.34. The molecule has 0 saturated heterocycles. The fraction of sp³-hybridized carbons (Fsp3) is 0.0667. The normalized spacial score (nSPS) is 11.1. The van der Waals surface area contributed by atoms with Gasteiger partial charge >= 0.3 is 0 Å². The van der Waals surface area contributed by atoms with Crippen LogP contribution in [0, 0.1) is 5.82 Å². The number of fused-ring (bicyclic) bond motifs is 1. The summed E-state index contributed by atoms with van der Waals surface area (Å²) in [5, 5.41) is 2.16. The third-order valence-electron chi connectivity index (χ3n) is 3.12. The SMILES string of the molecule is Fc1ccc(Cn2ccc3c(Cl)cccc32)c(Cl)c1. The molecule has 3 aromatic rings. The maximum Gasteiger partial charge on any atom is 0.124 e. The summed E-state index contributed by atoms with van der Waals surface area (Å²) in [6.45, 7) is 0.586. The van der Waals surface area contributed by atoms with E-state index in [0.29, 0.717) is 11.6 Å². The van der Waals surface area contributed by atoms with Crippen LogP contribution in [-0.4, -0.2) is 4.57 Å². The Balaban J connectivity index is 2.04. The molecule has 0 N–H and O–H groups in total. The van der Waals surface area contributed by atoms with E-state index >= 15 is 0 Å². The van der Waals surface area contributed by atoms with Crippen LogP contribution in [0.5, 0.6) is 0 Å². The average Bonchev–Trinajstić information content (AvgIpc) is 2.78. The standard InChI is InChI=1S/C15H10Cl2FN/c16-13-2-1-3-15-12(13)6-7-19(15)9-10-4-5-11(18)8-14(10)17/h1-8H,9H2. The molecule has 0 bridgehead atoms. The molecule has 0 amide bonds. The molecule has 96 valence electrons. The predicted octanol–water partition coefficient (Wildman–Crippen LogP) is 5.14. The van der Waals surface area contributed by atoms with Crippen LogP contribution in [0.3, 0.4) is 0 Å². The Bertz CT molecular complexity index is 749. The summed E-state index contributed by atoms with van der Waals surface area (Å²) >= 11 is 12.2. The Kier molecular flexibility index (Phi) is 3.21. The van der Waals surface area contributed by atoms with Gasteiger partial charge in [0.05, 0.1) is 0 Å². The maximum absolute atomic E-state index is 13.0. The van der Waals surface area contributed by atoms with E-state index in [1.54, 1.807) is 6.07 Å². The van der Waals surface area contributed by atoms with Crippen molar-refractivity contribution in [2.75, 3.05) is 0 Å². The van der Waals surface area contributed by atoms with Gasteiger partial charge < -0.3 is 4.57 Å². The van der Waals surface area contributed by atoms with Crippen molar-refractivity contribution >= 4 is 34.1 Å². The molecular weight excluding hydrogens is 284 g/mol. The fourth-order valence-corrected chi connectivity index (χ4v) is 2.62. The van der Waals surface area contributed by atoms with Crippen LogP contribution in [-0.2, 0) is 6.54 Å². The number of benzene rings is 2. The zero-order chi connectivity index (χ0) is 13.4. The highest BCUT2D eigenvalue weighted by Crippen LogP contribution is 2.26. The number of nitrogens with zero attached hydrogens (tertiary/aromatic N) is 1. The Morgan fingerprint density at radius 1 is 1.00 bits per heavy atom. The van der Waals surface area contributed by atoms with Gasteiger partial charge in [-0.1, -0.05) is 35.3 Å². The van der Waals surface area contributed by atoms with Gasteiger partial charge in [-0.2, -0.15) is 0 Å². The van der Waals surface area contributed by atoms with Crippen LogP contribution in [0.25, 0.3) is 10.9 Å². The van der Waals surface area contributed by atoms with Gasteiger partial charge in [0.1, 0.15) is 5.82 Å². The van der Waals surface area contributed by atoms with Crippen molar-refractivity contribution in [1.29, 1.82) is 0 Å². The fourth-order valence-electron chi connectivity index (χ4n) is 2.16. The minimum atomic E-state index is -0.325. The molecule has 0 spiro atoms. The minimum absolute atomic E-state index is 0.325. The van der Waals surface area contributed by atoms with Crippen LogP contribution in [0.15, 0.2) is 48.7 Å². The van der Waals surface area contributed by atoms with Crippen molar-refractivity contribution in [3.8, 4) is 0 Å². The van der Waals surface area contributed by atoms with E-state index < -0.39 is 0 Å². The van der Waals surface area contributed by atoms with E-state index in [1.807, 2.05) is 35.0 Å². The number of hydrogen-bond donors (Lipinski definition) is 0. The molecule has 0 unspecified atom stereocenters. The molecule has 19 heavy (non-hydrogen) atoms. The first-order valence-electron chi connectivity index (χ1n) is 5.82. The van der Waals surface area contributed by atoms with E-state index in [1.165, 1.54) is 12.1 Å². The first-order valence-corrected chi connectivity index (χ1v) is 6.58. The van der Waals surface area contributed by atoms with E-state index in [2.05, 4.69) is 0 Å². The zero-order valence-electron chi connectivity index (χ0n) is 9.91. The molecule has 0 aliphatic rings. The van der Waals surface area contributed by atoms with Gasteiger partial charge in [-0.15, -0.1) is 0 Å². The van der Waals surface area contributed by atoms with Gasteiger partial charge in [-0.05, 0) is 35.9 Å². The molecule has 1 aromatic heterocycles. The average molecular weight is 294 g/mol. The Hall–Kier alpha value is -1.51. The van der Waals surface area contributed by atoms with Crippen LogP contribution in [0.1, 0.15) is 5.56 Å². The molecular formula is C15H10Cl2FN. The zero-order valence-corrected chi connectivity index (χ0v) is 11.4. The van der Waals surface area contributed by atoms with Crippen LogP contribution >= 0.6 is 23.2 Å². The van der Waals surface area contributed by atoms with Gasteiger partial charge in [0, 0.05) is 33.7 Å². The second-order valence-electron chi connectivity index (χ2n) is 4.35. The molecule has 0 aliphatic heterocycles. The van der Waals surface area contributed by atoms with Crippen molar-refractivity contribution in [2.24, 2.45) is 0 Å². The van der Waals surface area contributed by atoms with Crippen molar-refractivity contribution in [3.63, 3.8) is 0 Å². The maximum atomic E-state index is 13.0. The van der Waals surface area contributed by atoms with E-state index in [0.717, 1.165) is 21.5 Å². The monoisotopic (exact) mass is 293 g/mol. The van der Waals surface area contributed by atoms with Crippen molar-refractivity contribution in [3.05, 3.63) is 70.1 Å². The number of hydrogen-bond acceptors (Lipinski definition) is 0. The topological polar surface area (TPSA) is 4.93 Å². The Morgan fingerprint density at radius 2 is 1.84 bits per heavy atom. The Labute approximate surface area is 120 Å². The summed E-state index contributed by atoms with van der Waals surface area (Å²) in [7, 11) is 0. The van der Waals surface area contributed by atoms with Gasteiger partial charge in [0.25, 0.3) is 0 Å². The van der Waals surface area contributed by atoms with Crippen molar-refractivity contribution < 1.29 is 4.39 Å². The van der Waals surface area contributed by atoms with Crippen molar-refractivity contribution in [2.45, 2.75) is 6.54 Å². The third-order valence-corrected chi connectivity index (χ3v) is 3.80. The van der Waals surface area contributed by atoms with Gasteiger partial charge in [0.2, 0.25) is 0 Å². The van der Waals surface area contributed by atoms with Gasteiger partial charge in [-0.3, -0.25) is 0 Å². The molecule has 1 heterocycles. The van der Waals surface area contributed by atoms with Gasteiger partial charge in [0.15, 0.2) is 0 Å². The first kappa shape index (κ1) is 12.5. The summed E-state index contributed by atoms with van der Waals surface area (Å²) in [5.41, 5.74) is 1.91. The molecule has 0 fully saturated rings. The molecule has 0 radical (unpaired) electrons. The van der Waals surface area contributed by atoms with E-state index in [9.17, 15) is 4.39 Å². The highest BCUT2D eigenvalue weighted by atomic mass is 35.5. The highest BCUT2D eigenvalue weighted by molar-refractivity contribution is 6.35. The summed E-state index contributed by atoms with van der Waals surface area (Å²) < 4.78 is 15.1. The number of rotatable bonds is 2. The van der Waals surface area contributed by atoms with Crippen LogP contribution in [0.4, 0.5) is 4.39 Å². The largest absolute Gasteiger partial charge is 0.343 e. The number of halogens is 3.